The van der Waals surface area contributed by atoms with E-state index in [0.717, 1.165) is 19.3 Å². The number of carbonyl (C=O) groups is 1. The molecule has 0 aromatic rings. The van der Waals surface area contributed by atoms with Gasteiger partial charge in [-0.25, -0.2) is 0 Å². The molecule has 2 atom stereocenters. The monoisotopic (exact) mass is 232 g/mol. The highest BCUT2D eigenvalue weighted by molar-refractivity contribution is 5.76. The van der Waals surface area contributed by atoms with Gasteiger partial charge < -0.3 is 14.9 Å². The van der Waals surface area contributed by atoms with E-state index in [1.165, 1.54) is 0 Å². The van der Waals surface area contributed by atoms with E-state index in [-0.39, 0.29) is 25.7 Å². The smallest absolute Gasteiger partial charge is 0.314 e. The Balaban J connectivity index is 4.39. The molecular weight excluding hydrogens is 208 g/mol. The molecule has 0 radical (unpaired) electrons. The van der Waals surface area contributed by atoms with E-state index in [4.69, 9.17) is 9.84 Å². The summed E-state index contributed by atoms with van der Waals surface area (Å²) >= 11 is 0. The molecule has 4 nitrogen and oxygen atoms in total. The molecule has 0 rings (SSSR count). The molecule has 4 heteroatoms. The van der Waals surface area contributed by atoms with Gasteiger partial charge >= 0.3 is 5.97 Å². The maximum absolute atomic E-state index is 11.8. The van der Waals surface area contributed by atoms with Gasteiger partial charge in [0.25, 0.3) is 0 Å². The number of carbonyl (C=O) groups excluding carboxylic acids is 1. The third-order valence-electron chi connectivity index (χ3n) is 2.85. The molecule has 0 aliphatic rings. The maximum Gasteiger partial charge on any atom is 0.314 e. The van der Waals surface area contributed by atoms with Crippen LogP contribution in [0.4, 0.5) is 0 Å². The van der Waals surface area contributed by atoms with Gasteiger partial charge in [-0.05, 0) is 26.2 Å². The number of esters is 1. The molecule has 0 saturated carbocycles. The molecule has 0 aromatic heterocycles. The average Bonchev–Trinajstić information content (AvgIpc) is 2.28. The van der Waals surface area contributed by atoms with Crippen molar-refractivity contribution in [2.75, 3.05) is 13.2 Å². The van der Waals surface area contributed by atoms with Crippen LogP contribution in [0.15, 0.2) is 0 Å². The number of rotatable bonds is 8. The van der Waals surface area contributed by atoms with Crippen LogP contribution in [0.3, 0.4) is 0 Å². The summed E-state index contributed by atoms with van der Waals surface area (Å²) in [4.78, 5) is 11.8. The fourth-order valence-corrected chi connectivity index (χ4v) is 1.45. The predicted octanol–water partition coefficient (Wildman–Crippen LogP) is 1.49. The van der Waals surface area contributed by atoms with Crippen LogP contribution >= 0.6 is 0 Å². The number of aliphatic hydroxyl groups is 2. The van der Waals surface area contributed by atoms with Gasteiger partial charge in [-0.15, -0.1) is 0 Å². The molecular formula is C12H24O4. The van der Waals surface area contributed by atoms with E-state index in [0.29, 0.717) is 0 Å². The van der Waals surface area contributed by atoms with Crippen molar-refractivity contribution < 1.29 is 19.7 Å². The predicted molar refractivity (Wildman–Crippen MR) is 62.0 cm³/mol. The average molecular weight is 232 g/mol. The van der Waals surface area contributed by atoms with E-state index in [1.807, 2.05) is 13.8 Å². The summed E-state index contributed by atoms with van der Waals surface area (Å²) in [5.41, 5.74) is -0.976. The minimum atomic E-state index is -0.976. The van der Waals surface area contributed by atoms with Gasteiger partial charge in [0.05, 0.1) is 12.0 Å². The first-order valence-electron chi connectivity index (χ1n) is 5.96. The summed E-state index contributed by atoms with van der Waals surface area (Å²) in [7, 11) is 0. The van der Waals surface area contributed by atoms with Gasteiger partial charge in [-0.3, -0.25) is 4.79 Å². The normalized spacial score (nSPS) is 16.6. The zero-order valence-electron chi connectivity index (χ0n) is 10.5. The highest BCUT2D eigenvalue weighted by Gasteiger charge is 2.34. The Morgan fingerprint density at radius 2 is 2.00 bits per heavy atom. The second-order valence-electron chi connectivity index (χ2n) is 4.42. The summed E-state index contributed by atoms with van der Waals surface area (Å²) in [6, 6.07) is 0. The fourth-order valence-electron chi connectivity index (χ4n) is 1.45. The SMILES string of the molecule is CCCC(CC)OC(=O)C(C)(CO)CCO. The maximum atomic E-state index is 11.8. The summed E-state index contributed by atoms with van der Waals surface area (Å²) in [5, 5.41) is 18.0. The summed E-state index contributed by atoms with van der Waals surface area (Å²) < 4.78 is 5.34. The lowest BCUT2D eigenvalue weighted by Gasteiger charge is -2.27. The first-order valence-corrected chi connectivity index (χ1v) is 5.96. The van der Waals surface area contributed by atoms with Gasteiger partial charge in [0.2, 0.25) is 0 Å². The van der Waals surface area contributed by atoms with Crippen LogP contribution in [0.1, 0.15) is 46.5 Å². The van der Waals surface area contributed by atoms with Crippen LogP contribution in [-0.4, -0.2) is 35.5 Å². The van der Waals surface area contributed by atoms with Crippen molar-refractivity contribution in [3.8, 4) is 0 Å². The van der Waals surface area contributed by atoms with Crippen LogP contribution in [0.2, 0.25) is 0 Å². The molecule has 0 aliphatic carbocycles. The van der Waals surface area contributed by atoms with E-state index in [1.54, 1.807) is 6.92 Å². The third kappa shape index (κ3) is 4.49. The van der Waals surface area contributed by atoms with E-state index in [2.05, 4.69) is 0 Å². The standard InChI is InChI=1S/C12H24O4/c1-4-6-10(5-2)16-11(15)12(3,9-14)7-8-13/h10,13-14H,4-9H2,1-3H3. The molecule has 0 saturated heterocycles. The van der Waals surface area contributed by atoms with Crippen LogP contribution in [0, 0.1) is 5.41 Å². The Kier molecular flexibility index (Phi) is 7.34. The molecule has 0 bridgehead atoms. The molecule has 96 valence electrons. The zero-order chi connectivity index (χ0) is 12.6. The van der Waals surface area contributed by atoms with Crippen LogP contribution in [0.25, 0.3) is 0 Å². The van der Waals surface area contributed by atoms with Crippen molar-refractivity contribution in [1.29, 1.82) is 0 Å². The second kappa shape index (κ2) is 7.63. The molecule has 16 heavy (non-hydrogen) atoms. The Morgan fingerprint density at radius 3 is 2.38 bits per heavy atom. The van der Waals surface area contributed by atoms with Crippen molar-refractivity contribution in [2.24, 2.45) is 5.41 Å². The quantitative estimate of drug-likeness (QED) is 0.622. The topological polar surface area (TPSA) is 66.8 Å². The first kappa shape index (κ1) is 15.4. The summed E-state index contributed by atoms with van der Waals surface area (Å²) in [6.45, 7) is 5.20. The lowest BCUT2D eigenvalue weighted by molar-refractivity contribution is -0.164. The lowest BCUT2D eigenvalue weighted by Crippen LogP contribution is -2.36. The number of ether oxygens (including phenoxy) is 1. The van der Waals surface area contributed by atoms with Crippen LogP contribution in [-0.2, 0) is 9.53 Å². The fraction of sp³-hybridized carbons (Fsp3) is 0.917. The van der Waals surface area contributed by atoms with Crippen molar-refractivity contribution in [1.82, 2.24) is 0 Å². The molecule has 0 aliphatic heterocycles. The minimum absolute atomic E-state index is 0.0814. The lowest BCUT2D eigenvalue weighted by atomic mass is 9.88. The Bertz CT molecular complexity index is 205. The molecule has 0 heterocycles. The Labute approximate surface area is 97.6 Å². The van der Waals surface area contributed by atoms with Gasteiger partial charge in [0, 0.05) is 6.61 Å². The van der Waals surface area contributed by atoms with Crippen LogP contribution < -0.4 is 0 Å². The summed E-state index contributed by atoms with van der Waals surface area (Å²) in [6.07, 6.45) is 2.72. The minimum Gasteiger partial charge on any atom is -0.462 e. The van der Waals surface area contributed by atoms with E-state index in [9.17, 15) is 9.90 Å². The second-order valence-corrected chi connectivity index (χ2v) is 4.42. The molecule has 0 fully saturated rings. The van der Waals surface area contributed by atoms with E-state index >= 15 is 0 Å². The largest absolute Gasteiger partial charge is 0.462 e. The zero-order valence-corrected chi connectivity index (χ0v) is 10.5. The van der Waals surface area contributed by atoms with Crippen molar-refractivity contribution >= 4 is 5.97 Å². The van der Waals surface area contributed by atoms with Gasteiger partial charge in [-0.2, -0.15) is 0 Å². The summed E-state index contributed by atoms with van der Waals surface area (Å²) in [5.74, 6) is -0.413. The highest BCUT2D eigenvalue weighted by Crippen LogP contribution is 2.24. The Hall–Kier alpha value is -0.610. The van der Waals surface area contributed by atoms with Gasteiger partial charge in [0.1, 0.15) is 6.10 Å². The Morgan fingerprint density at radius 1 is 1.38 bits per heavy atom. The first-order chi connectivity index (χ1) is 7.53. The van der Waals surface area contributed by atoms with E-state index < -0.39 is 11.4 Å². The molecule has 2 N–H and O–H groups in total. The van der Waals surface area contributed by atoms with Crippen molar-refractivity contribution in [2.45, 2.75) is 52.6 Å². The highest BCUT2D eigenvalue weighted by atomic mass is 16.5. The molecule has 0 amide bonds. The molecule has 0 aromatic carbocycles. The number of aliphatic hydroxyl groups excluding tert-OH is 2. The van der Waals surface area contributed by atoms with Crippen molar-refractivity contribution in [3.63, 3.8) is 0 Å². The molecule has 0 spiro atoms. The number of hydrogen-bond donors (Lipinski definition) is 2. The number of hydrogen-bond acceptors (Lipinski definition) is 4. The molecule has 2 unspecified atom stereocenters. The third-order valence-corrected chi connectivity index (χ3v) is 2.85. The van der Waals surface area contributed by atoms with Gasteiger partial charge in [0.15, 0.2) is 0 Å². The van der Waals surface area contributed by atoms with Gasteiger partial charge in [-0.1, -0.05) is 20.3 Å². The van der Waals surface area contributed by atoms with Crippen molar-refractivity contribution in [3.05, 3.63) is 0 Å². The van der Waals surface area contributed by atoms with Crippen LogP contribution in [0.5, 0.6) is 0 Å².